The Morgan fingerprint density at radius 3 is 2.62 bits per heavy atom. The predicted molar refractivity (Wildman–Crippen MR) is 150 cm³/mol. The molecule has 1 N–H and O–H groups in total. The summed E-state index contributed by atoms with van der Waals surface area (Å²) in [6.45, 7) is 2.26. The number of aryl methyl sites for hydroxylation is 1. The summed E-state index contributed by atoms with van der Waals surface area (Å²) in [7, 11) is 0. The van der Waals surface area contributed by atoms with E-state index in [4.69, 9.17) is 0 Å². The lowest BCUT2D eigenvalue weighted by atomic mass is 9.99. The number of fused-ring (bicyclic) bond motifs is 2. The monoisotopic (exact) mass is 571 g/mol. The van der Waals surface area contributed by atoms with E-state index < -0.39 is 24.7 Å². The van der Waals surface area contributed by atoms with E-state index in [1.54, 1.807) is 80.8 Å². The molecule has 1 atom stereocenters. The molecule has 42 heavy (non-hydrogen) atoms. The Kier molecular flexibility index (Phi) is 6.60. The van der Waals surface area contributed by atoms with Crippen LogP contribution in [0, 0.1) is 6.92 Å². The van der Waals surface area contributed by atoms with Crippen molar-refractivity contribution >= 4 is 22.3 Å². The molecule has 1 amide bonds. The number of hydrogen-bond acceptors (Lipinski definition) is 5. The van der Waals surface area contributed by atoms with E-state index in [2.05, 4.69) is 20.5 Å². The first-order chi connectivity index (χ1) is 20.1. The van der Waals surface area contributed by atoms with Crippen LogP contribution in [-0.2, 0) is 6.54 Å². The minimum absolute atomic E-state index is 0.317. The highest BCUT2D eigenvalue weighted by Crippen LogP contribution is 2.30. The van der Waals surface area contributed by atoms with Gasteiger partial charge in [0.05, 0.1) is 23.3 Å². The molecule has 0 radical (unpaired) electrons. The summed E-state index contributed by atoms with van der Waals surface area (Å²) in [4.78, 5) is 32.0. The van der Waals surface area contributed by atoms with Gasteiger partial charge in [-0.1, -0.05) is 36.4 Å². The second-order valence-electron chi connectivity index (χ2n) is 9.90. The van der Waals surface area contributed by atoms with Crippen molar-refractivity contribution in [3.05, 3.63) is 113 Å². The van der Waals surface area contributed by atoms with Gasteiger partial charge in [-0.05, 0) is 49.1 Å². The van der Waals surface area contributed by atoms with Crippen LogP contribution in [0.1, 0.15) is 34.7 Å². The lowest BCUT2D eigenvalue weighted by Gasteiger charge is -2.21. The molecule has 0 aliphatic rings. The molecule has 2 aromatic carbocycles. The Bertz CT molecular complexity index is 2010. The summed E-state index contributed by atoms with van der Waals surface area (Å²) in [5.41, 5.74) is 2.77. The van der Waals surface area contributed by atoms with Crippen LogP contribution < -0.4 is 10.9 Å². The first-order valence-electron chi connectivity index (χ1n) is 13.1. The van der Waals surface area contributed by atoms with Crippen molar-refractivity contribution in [3.63, 3.8) is 0 Å². The van der Waals surface area contributed by atoms with E-state index in [9.17, 15) is 22.8 Å². The predicted octanol–water partition coefficient (Wildman–Crippen LogP) is 5.26. The number of aromatic nitrogens is 6. The van der Waals surface area contributed by atoms with Gasteiger partial charge in [0.15, 0.2) is 5.65 Å². The number of benzene rings is 2. The summed E-state index contributed by atoms with van der Waals surface area (Å²) < 4.78 is 42.7. The highest BCUT2D eigenvalue weighted by atomic mass is 19.4. The van der Waals surface area contributed by atoms with Gasteiger partial charge in [-0.15, -0.1) is 0 Å². The molecule has 12 heteroatoms. The van der Waals surface area contributed by atoms with Crippen LogP contribution in [0.15, 0.2) is 90.2 Å². The number of halogens is 3. The van der Waals surface area contributed by atoms with Crippen LogP contribution in [0.2, 0.25) is 0 Å². The van der Waals surface area contributed by atoms with Crippen molar-refractivity contribution in [3.8, 4) is 16.8 Å². The summed E-state index contributed by atoms with van der Waals surface area (Å²) in [6.07, 6.45) is 1.44. The van der Waals surface area contributed by atoms with Gasteiger partial charge in [-0.25, -0.2) is 9.50 Å². The van der Waals surface area contributed by atoms with E-state index in [0.29, 0.717) is 50.2 Å². The van der Waals surface area contributed by atoms with Crippen LogP contribution >= 0.6 is 0 Å². The lowest BCUT2D eigenvalue weighted by molar-refractivity contribution is -0.142. The van der Waals surface area contributed by atoms with Crippen molar-refractivity contribution in [2.45, 2.75) is 32.6 Å². The van der Waals surface area contributed by atoms with Gasteiger partial charge in [0.1, 0.15) is 12.1 Å². The van der Waals surface area contributed by atoms with Gasteiger partial charge in [-0.3, -0.25) is 18.8 Å². The van der Waals surface area contributed by atoms with Crippen molar-refractivity contribution < 1.29 is 18.0 Å². The van der Waals surface area contributed by atoms with Crippen LogP contribution in [0.5, 0.6) is 0 Å². The van der Waals surface area contributed by atoms with Gasteiger partial charge in [0.25, 0.3) is 11.5 Å². The number of nitrogens with one attached hydrogen (secondary N) is 1. The van der Waals surface area contributed by atoms with E-state index in [1.807, 2.05) is 6.07 Å². The zero-order chi connectivity index (χ0) is 29.6. The first kappa shape index (κ1) is 26.9. The summed E-state index contributed by atoms with van der Waals surface area (Å²) >= 11 is 0. The van der Waals surface area contributed by atoms with Crippen molar-refractivity contribution in [1.29, 1.82) is 0 Å². The van der Waals surface area contributed by atoms with Gasteiger partial charge < -0.3 is 5.32 Å². The lowest BCUT2D eigenvalue weighted by Crippen LogP contribution is -2.32. The Morgan fingerprint density at radius 2 is 1.86 bits per heavy atom. The van der Waals surface area contributed by atoms with E-state index in [0.717, 1.165) is 4.68 Å². The highest BCUT2D eigenvalue weighted by molar-refractivity contribution is 6.01. The fourth-order valence-corrected chi connectivity index (χ4v) is 5.16. The molecule has 0 fully saturated rings. The van der Waals surface area contributed by atoms with Crippen molar-refractivity contribution in [2.75, 3.05) is 0 Å². The third-order valence-corrected chi connectivity index (χ3v) is 6.96. The normalized spacial score (nSPS) is 12.6. The molecule has 4 aromatic heterocycles. The number of alkyl halides is 3. The highest BCUT2D eigenvalue weighted by Gasteiger charge is 2.29. The molecule has 0 aliphatic heterocycles. The summed E-state index contributed by atoms with van der Waals surface area (Å²) in [5.74, 6) is -0.397. The molecule has 6 rings (SSSR count). The molecule has 9 nitrogen and oxygen atoms in total. The molecule has 0 saturated carbocycles. The maximum absolute atomic E-state index is 14.2. The quantitative estimate of drug-likeness (QED) is 0.294. The minimum Gasteiger partial charge on any atom is -0.344 e. The molecule has 0 bridgehead atoms. The fourth-order valence-electron chi connectivity index (χ4n) is 5.16. The van der Waals surface area contributed by atoms with Crippen molar-refractivity contribution in [2.24, 2.45) is 0 Å². The van der Waals surface area contributed by atoms with Crippen molar-refractivity contribution in [1.82, 2.24) is 34.3 Å². The Balaban J connectivity index is 1.47. The molecular formula is C30H24F3N7O2. The zero-order valence-corrected chi connectivity index (χ0v) is 22.5. The third-order valence-electron chi connectivity index (χ3n) is 6.96. The first-order valence-corrected chi connectivity index (χ1v) is 13.1. The summed E-state index contributed by atoms with van der Waals surface area (Å²) in [5, 5.41) is 12.1. The summed E-state index contributed by atoms with van der Waals surface area (Å²) in [6, 6.07) is 17.0. The Morgan fingerprint density at radius 1 is 1.07 bits per heavy atom. The maximum atomic E-state index is 14.2. The molecule has 0 saturated heterocycles. The Hall–Kier alpha value is -5.26. The van der Waals surface area contributed by atoms with Gasteiger partial charge in [-0.2, -0.15) is 23.4 Å². The number of rotatable bonds is 6. The van der Waals surface area contributed by atoms with E-state index >= 15 is 0 Å². The average molecular weight is 572 g/mol. The average Bonchev–Trinajstić information content (AvgIpc) is 3.55. The molecule has 0 unspecified atom stereocenters. The van der Waals surface area contributed by atoms with Gasteiger partial charge >= 0.3 is 6.18 Å². The Labute approximate surface area is 236 Å². The molecule has 4 heterocycles. The third kappa shape index (κ3) is 4.91. The number of carbonyl (C=O) groups excluding carboxylic acids is 1. The van der Waals surface area contributed by atoms with Gasteiger partial charge in [0.2, 0.25) is 0 Å². The SMILES string of the molecule is Cc1nn2cccnc2c1C(=O)N[C@@H](C)c1cc2cccc(-c3cnn(CC(F)(F)F)c3)c2c(=O)n1-c1ccccc1. The number of pyridine rings is 1. The van der Waals surface area contributed by atoms with Crippen LogP contribution in [-0.4, -0.2) is 41.0 Å². The van der Waals surface area contributed by atoms with Crippen LogP contribution in [0.3, 0.4) is 0 Å². The molecule has 212 valence electrons. The number of nitrogens with zero attached hydrogens (tertiary/aromatic N) is 6. The molecule has 6 aromatic rings. The molecule has 0 spiro atoms. The van der Waals surface area contributed by atoms with Crippen LogP contribution in [0.4, 0.5) is 13.2 Å². The minimum atomic E-state index is -4.43. The van der Waals surface area contributed by atoms with Crippen LogP contribution in [0.25, 0.3) is 33.2 Å². The molecule has 0 aliphatic carbocycles. The maximum Gasteiger partial charge on any atom is 0.408 e. The smallest absolute Gasteiger partial charge is 0.344 e. The second kappa shape index (κ2) is 10.3. The second-order valence-corrected chi connectivity index (χ2v) is 9.90. The topological polar surface area (TPSA) is 99.1 Å². The number of amides is 1. The standard InChI is InChI=1S/C30H24F3N7O2/c1-18(36-28(41)25-19(2)37-39-13-7-12-34-27(25)39)24-14-20-8-6-11-23(21-15-35-38(16-21)17-30(31,32)33)26(20)29(42)40(24)22-9-4-3-5-10-22/h3-16,18H,17H2,1-2H3,(H,36,41)/t18-/m0/s1. The van der Waals surface area contributed by atoms with E-state index in [-0.39, 0.29) is 5.56 Å². The number of hydrogen-bond donors (Lipinski definition) is 1. The number of para-hydroxylation sites is 1. The molecular weight excluding hydrogens is 547 g/mol. The zero-order valence-electron chi connectivity index (χ0n) is 22.5. The van der Waals surface area contributed by atoms with Gasteiger partial charge in [0, 0.05) is 35.5 Å². The fraction of sp³-hybridized carbons (Fsp3) is 0.167. The largest absolute Gasteiger partial charge is 0.408 e. The number of carbonyl (C=O) groups is 1. The van der Waals surface area contributed by atoms with E-state index in [1.165, 1.54) is 21.5 Å².